The molecule has 1 N–H and O–H groups in total. The second-order valence-electron chi connectivity index (χ2n) is 8.86. The lowest BCUT2D eigenvalue weighted by Crippen LogP contribution is -2.55. The Balaban J connectivity index is 1.42. The predicted molar refractivity (Wildman–Crippen MR) is 109 cm³/mol. The predicted octanol–water partition coefficient (Wildman–Crippen LogP) is 4.71. The van der Waals surface area contributed by atoms with E-state index in [1.165, 1.54) is 32.1 Å². The van der Waals surface area contributed by atoms with Gasteiger partial charge in [-0.15, -0.1) is 0 Å². The van der Waals surface area contributed by atoms with Gasteiger partial charge in [-0.25, -0.2) is 0 Å². The highest BCUT2D eigenvalue weighted by atomic mass is 79.9. The van der Waals surface area contributed by atoms with Crippen molar-refractivity contribution >= 4 is 21.8 Å². The summed E-state index contributed by atoms with van der Waals surface area (Å²) in [7, 11) is 1.92. The van der Waals surface area contributed by atoms with E-state index in [1.807, 2.05) is 36.9 Å². The van der Waals surface area contributed by atoms with E-state index in [1.54, 1.807) is 0 Å². The zero-order chi connectivity index (χ0) is 18.7. The lowest BCUT2D eigenvalue weighted by atomic mass is 9.54. The van der Waals surface area contributed by atoms with E-state index in [4.69, 9.17) is 0 Å². The fourth-order valence-electron chi connectivity index (χ4n) is 6.26. The van der Waals surface area contributed by atoms with Crippen LogP contribution >= 0.6 is 15.9 Å². The van der Waals surface area contributed by atoms with Gasteiger partial charge in [0, 0.05) is 28.7 Å². The van der Waals surface area contributed by atoms with Crippen LogP contribution in [-0.2, 0) is 7.05 Å². The van der Waals surface area contributed by atoms with Crippen molar-refractivity contribution in [3.63, 3.8) is 0 Å². The van der Waals surface area contributed by atoms with Crippen molar-refractivity contribution in [1.29, 1.82) is 0 Å². The molecule has 1 heterocycles. The van der Waals surface area contributed by atoms with E-state index in [9.17, 15) is 4.79 Å². The van der Waals surface area contributed by atoms with Gasteiger partial charge < -0.3 is 5.32 Å². The first-order chi connectivity index (χ1) is 13.0. The molecular formula is C22H26BrN3O. The Kier molecular flexibility index (Phi) is 4.19. The molecule has 4 fully saturated rings. The number of aromatic nitrogens is 2. The van der Waals surface area contributed by atoms with Gasteiger partial charge in [0.15, 0.2) is 5.69 Å². The molecule has 0 radical (unpaired) electrons. The van der Waals surface area contributed by atoms with Crippen molar-refractivity contribution in [2.24, 2.45) is 30.7 Å². The van der Waals surface area contributed by atoms with E-state index in [2.05, 4.69) is 32.4 Å². The number of nitrogens with one attached hydrogen (secondary N) is 1. The molecule has 4 aliphatic carbocycles. The Bertz CT molecular complexity index is 875. The van der Waals surface area contributed by atoms with Gasteiger partial charge in [0.2, 0.25) is 0 Å². The first-order valence-corrected chi connectivity index (χ1v) is 10.9. The minimum Gasteiger partial charge on any atom is -0.347 e. The molecule has 142 valence electrons. The van der Waals surface area contributed by atoms with Gasteiger partial charge in [-0.1, -0.05) is 34.1 Å². The molecule has 4 saturated carbocycles. The van der Waals surface area contributed by atoms with Gasteiger partial charge in [-0.05, 0) is 68.8 Å². The van der Waals surface area contributed by atoms with Crippen LogP contribution in [0.1, 0.15) is 48.2 Å². The van der Waals surface area contributed by atoms with Crippen molar-refractivity contribution in [3.05, 3.63) is 40.0 Å². The van der Waals surface area contributed by atoms with E-state index >= 15 is 0 Å². The van der Waals surface area contributed by atoms with Gasteiger partial charge in [-0.3, -0.25) is 9.48 Å². The Hall–Kier alpha value is -1.62. The maximum Gasteiger partial charge on any atom is 0.272 e. The highest BCUT2D eigenvalue weighted by Gasteiger charge is 2.48. The van der Waals surface area contributed by atoms with Crippen molar-refractivity contribution in [3.8, 4) is 11.3 Å². The molecule has 6 rings (SSSR count). The molecule has 0 spiro atoms. The third-order valence-corrected chi connectivity index (χ3v) is 7.84. The number of rotatable bonds is 3. The average Bonchev–Trinajstić information content (AvgIpc) is 2.92. The van der Waals surface area contributed by atoms with Crippen LogP contribution in [0.5, 0.6) is 0 Å². The Morgan fingerprint density at radius 1 is 1.11 bits per heavy atom. The summed E-state index contributed by atoms with van der Waals surface area (Å²) in [4.78, 5) is 13.1. The number of carbonyl (C=O) groups excluding carboxylic acids is 1. The topological polar surface area (TPSA) is 46.9 Å². The van der Waals surface area contributed by atoms with Crippen LogP contribution in [0.3, 0.4) is 0 Å². The van der Waals surface area contributed by atoms with Gasteiger partial charge in [-0.2, -0.15) is 5.10 Å². The zero-order valence-electron chi connectivity index (χ0n) is 15.9. The minimum atomic E-state index is -0.00104. The first-order valence-electron chi connectivity index (χ1n) is 10.1. The van der Waals surface area contributed by atoms with Crippen molar-refractivity contribution < 1.29 is 4.79 Å². The van der Waals surface area contributed by atoms with Crippen LogP contribution in [0.4, 0.5) is 0 Å². The summed E-state index contributed by atoms with van der Waals surface area (Å²) in [5, 5.41) is 7.99. The van der Waals surface area contributed by atoms with Crippen LogP contribution in [0.25, 0.3) is 11.3 Å². The summed E-state index contributed by atoms with van der Waals surface area (Å²) >= 11 is 3.63. The van der Waals surface area contributed by atoms with Crippen LogP contribution in [0, 0.1) is 30.6 Å². The summed E-state index contributed by atoms with van der Waals surface area (Å²) < 4.78 is 2.85. The Morgan fingerprint density at radius 2 is 1.74 bits per heavy atom. The highest BCUT2D eigenvalue weighted by Crippen LogP contribution is 2.53. The summed E-state index contributed by atoms with van der Waals surface area (Å²) in [6.45, 7) is 2.01. The zero-order valence-corrected chi connectivity index (χ0v) is 17.5. The van der Waals surface area contributed by atoms with Gasteiger partial charge in [0.25, 0.3) is 5.91 Å². The van der Waals surface area contributed by atoms with Crippen LogP contribution < -0.4 is 5.32 Å². The molecule has 4 nitrogen and oxygen atoms in total. The molecule has 0 saturated heterocycles. The summed E-state index contributed by atoms with van der Waals surface area (Å²) in [5.74, 6) is 3.19. The average molecular weight is 428 g/mol. The molecule has 27 heavy (non-hydrogen) atoms. The number of halogens is 1. The van der Waals surface area contributed by atoms with Gasteiger partial charge >= 0.3 is 0 Å². The second-order valence-corrected chi connectivity index (χ2v) is 9.71. The number of carbonyl (C=O) groups is 1. The molecular weight excluding hydrogens is 402 g/mol. The van der Waals surface area contributed by atoms with Gasteiger partial charge in [0.05, 0.1) is 5.69 Å². The van der Waals surface area contributed by atoms with Crippen molar-refractivity contribution in [2.45, 2.75) is 45.1 Å². The smallest absolute Gasteiger partial charge is 0.272 e. The maximum atomic E-state index is 13.1. The number of hydrogen-bond donors (Lipinski definition) is 1. The summed E-state index contributed by atoms with van der Waals surface area (Å²) in [6, 6.07) is 8.45. The van der Waals surface area contributed by atoms with E-state index < -0.39 is 0 Å². The molecule has 4 aliphatic rings. The number of benzene rings is 1. The van der Waals surface area contributed by atoms with E-state index in [0.29, 0.717) is 23.6 Å². The molecule has 0 aliphatic heterocycles. The standard InChI is InChI=1S/C22H26BrN3O/c1-12-19(25-26(2)21(12)17-5-3-4-6-18(17)23)22(27)24-20-15-8-13-7-14(10-15)11-16(20)9-13/h3-6,13-16,20H,7-11H2,1-2H3,(H,24,27). The first kappa shape index (κ1) is 17.5. The quantitative estimate of drug-likeness (QED) is 0.770. The molecule has 0 unspecified atom stereocenters. The summed E-state index contributed by atoms with van der Waals surface area (Å²) in [5.41, 5.74) is 3.58. The van der Waals surface area contributed by atoms with Crippen LogP contribution in [0.15, 0.2) is 28.7 Å². The summed E-state index contributed by atoms with van der Waals surface area (Å²) in [6.07, 6.45) is 6.66. The van der Waals surface area contributed by atoms with Crippen molar-refractivity contribution in [2.75, 3.05) is 0 Å². The highest BCUT2D eigenvalue weighted by molar-refractivity contribution is 9.10. The number of amides is 1. The van der Waals surface area contributed by atoms with Crippen LogP contribution in [0.2, 0.25) is 0 Å². The maximum absolute atomic E-state index is 13.1. The van der Waals surface area contributed by atoms with E-state index in [-0.39, 0.29) is 5.91 Å². The lowest BCUT2D eigenvalue weighted by Gasteiger charge is -2.54. The Morgan fingerprint density at radius 3 is 2.37 bits per heavy atom. The molecule has 2 aromatic rings. The molecule has 1 aromatic heterocycles. The van der Waals surface area contributed by atoms with Crippen LogP contribution in [-0.4, -0.2) is 21.7 Å². The fraction of sp³-hybridized carbons (Fsp3) is 0.545. The Labute approximate surface area is 168 Å². The number of aryl methyl sites for hydroxylation is 1. The lowest BCUT2D eigenvalue weighted by molar-refractivity contribution is -0.0120. The minimum absolute atomic E-state index is 0.00104. The molecule has 0 atom stereocenters. The molecule has 1 amide bonds. The normalized spacial score (nSPS) is 31.3. The largest absolute Gasteiger partial charge is 0.347 e. The third kappa shape index (κ3) is 2.86. The fourth-order valence-corrected chi connectivity index (χ4v) is 6.73. The SMILES string of the molecule is Cc1c(C(=O)NC2C3CC4CC(C3)CC2C4)nn(C)c1-c1ccccc1Br. The third-order valence-electron chi connectivity index (χ3n) is 7.15. The molecule has 1 aromatic carbocycles. The number of hydrogen-bond acceptors (Lipinski definition) is 2. The second kappa shape index (κ2) is 6.47. The monoisotopic (exact) mass is 427 g/mol. The van der Waals surface area contributed by atoms with Gasteiger partial charge in [0.1, 0.15) is 0 Å². The molecule has 5 heteroatoms. The number of nitrogens with zero attached hydrogens (tertiary/aromatic N) is 2. The molecule has 4 bridgehead atoms. The van der Waals surface area contributed by atoms with Crippen molar-refractivity contribution in [1.82, 2.24) is 15.1 Å². The van der Waals surface area contributed by atoms with E-state index in [0.717, 1.165) is 33.1 Å².